The minimum Gasteiger partial charge on any atom is -0.436 e. The molecule has 0 fully saturated rings. The van der Waals surface area contributed by atoms with E-state index in [0.29, 0.717) is 12.1 Å². The predicted octanol–water partition coefficient (Wildman–Crippen LogP) is 5.59. The maximum absolute atomic E-state index is 13.5. The molecule has 0 aliphatic carbocycles. The van der Waals surface area contributed by atoms with Gasteiger partial charge in [-0.2, -0.15) is 17.6 Å². The lowest BCUT2D eigenvalue weighted by Crippen LogP contribution is -2.06. The number of rotatable bonds is 2. The van der Waals surface area contributed by atoms with Crippen LogP contribution >= 0.6 is 27.5 Å². The number of ether oxygens (including phenoxy) is 1. The van der Waals surface area contributed by atoms with Gasteiger partial charge in [-0.15, -0.1) is 0 Å². The fourth-order valence-electron chi connectivity index (χ4n) is 1.41. The van der Waals surface area contributed by atoms with Crippen LogP contribution < -0.4 is 4.74 Å². The van der Waals surface area contributed by atoms with E-state index >= 15 is 0 Å². The zero-order chi connectivity index (χ0) is 15.8. The first-order valence-electron chi connectivity index (χ1n) is 5.24. The van der Waals surface area contributed by atoms with Crippen molar-refractivity contribution in [1.29, 1.82) is 0 Å². The third kappa shape index (κ3) is 3.82. The van der Waals surface area contributed by atoms with Crippen LogP contribution in [0.2, 0.25) is 5.15 Å². The molecule has 0 radical (unpaired) electrons. The van der Waals surface area contributed by atoms with Crippen molar-refractivity contribution in [1.82, 2.24) is 4.98 Å². The number of halogens is 7. The van der Waals surface area contributed by atoms with Crippen LogP contribution in [0.5, 0.6) is 11.6 Å². The van der Waals surface area contributed by atoms with Gasteiger partial charge in [-0.25, -0.2) is 9.37 Å². The quantitative estimate of drug-likeness (QED) is 0.380. The molecule has 0 saturated carbocycles. The van der Waals surface area contributed by atoms with Gasteiger partial charge in [-0.3, -0.25) is 0 Å². The molecule has 0 atom stereocenters. The summed E-state index contributed by atoms with van der Waals surface area (Å²) in [5, 5.41) is -0.490. The van der Waals surface area contributed by atoms with Crippen LogP contribution in [0, 0.1) is 11.6 Å². The Bertz CT molecular complexity index is 692. The third-order valence-corrected chi connectivity index (χ3v) is 2.92. The van der Waals surface area contributed by atoms with E-state index in [2.05, 4.69) is 20.9 Å². The summed E-state index contributed by atoms with van der Waals surface area (Å²) in [5.74, 6) is -3.80. The first kappa shape index (κ1) is 16.0. The molecular formula is C12H4BrClF5NO. The number of alkyl halides is 3. The standard InChI is InChI=1S/C12H4BrClF5NO/c13-6-3-7(15)11(16)8(4-6)21-10-2-5(12(17,18)19)1-9(14)20-10/h1-4H. The summed E-state index contributed by atoms with van der Waals surface area (Å²) in [7, 11) is 0. The molecule has 1 aromatic carbocycles. The number of aromatic nitrogens is 1. The van der Waals surface area contributed by atoms with Crippen LogP contribution in [0.1, 0.15) is 5.56 Å². The predicted molar refractivity (Wildman–Crippen MR) is 68.4 cm³/mol. The van der Waals surface area contributed by atoms with Gasteiger partial charge >= 0.3 is 6.18 Å². The van der Waals surface area contributed by atoms with Crippen molar-refractivity contribution in [3.63, 3.8) is 0 Å². The van der Waals surface area contributed by atoms with Crippen LogP contribution in [0.15, 0.2) is 28.7 Å². The Balaban J connectivity index is 2.43. The zero-order valence-electron chi connectivity index (χ0n) is 9.81. The largest absolute Gasteiger partial charge is 0.436 e. The number of nitrogens with zero attached hydrogens (tertiary/aromatic N) is 1. The average molecular weight is 389 g/mol. The summed E-state index contributed by atoms with van der Waals surface area (Å²) >= 11 is 8.36. The maximum atomic E-state index is 13.5. The molecule has 0 aliphatic heterocycles. The van der Waals surface area contributed by atoms with E-state index in [0.717, 1.165) is 12.1 Å². The summed E-state index contributed by atoms with van der Waals surface area (Å²) in [4.78, 5) is 3.48. The molecule has 1 heterocycles. The molecule has 0 spiro atoms. The van der Waals surface area contributed by atoms with Crippen LogP contribution in [-0.4, -0.2) is 4.98 Å². The molecule has 0 amide bonds. The second kappa shape index (κ2) is 5.76. The monoisotopic (exact) mass is 387 g/mol. The first-order valence-corrected chi connectivity index (χ1v) is 6.41. The fourth-order valence-corrected chi connectivity index (χ4v) is 2.02. The Labute approximate surface area is 128 Å². The van der Waals surface area contributed by atoms with Gasteiger partial charge < -0.3 is 4.74 Å². The molecule has 0 N–H and O–H groups in total. The highest BCUT2D eigenvalue weighted by Crippen LogP contribution is 2.35. The highest BCUT2D eigenvalue weighted by Gasteiger charge is 2.32. The van der Waals surface area contributed by atoms with Crippen molar-refractivity contribution >= 4 is 27.5 Å². The SMILES string of the molecule is Fc1cc(Br)cc(Oc2cc(C(F)(F)F)cc(Cl)n2)c1F. The highest BCUT2D eigenvalue weighted by molar-refractivity contribution is 9.10. The molecule has 0 saturated heterocycles. The molecular weight excluding hydrogens is 384 g/mol. The van der Waals surface area contributed by atoms with Crippen LogP contribution in [0.25, 0.3) is 0 Å². The Morgan fingerprint density at radius 1 is 1.10 bits per heavy atom. The molecule has 9 heteroatoms. The van der Waals surface area contributed by atoms with Gasteiger partial charge in [-0.1, -0.05) is 27.5 Å². The van der Waals surface area contributed by atoms with E-state index < -0.39 is 40.2 Å². The Morgan fingerprint density at radius 2 is 1.76 bits per heavy atom. The molecule has 2 aromatic rings. The lowest BCUT2D eigenvalue weighted by Gasteiger charge is -2.11. The summed E-state index contributed by atoms with van der Waals surface area (Å²) < 4.78 is 69.5. The molecule has 2 rings (SSSR count). The molecule has 0 unspecified atom stereocenters. The van der Waals surface area contributed by atoms with Gasteiger partial charge in [0.2, 0.25) is 11.7 Å². The van der Waals surface area contributed by atoms with Gasteiger partial charge in [0.1, 0.15) is 5.15 Å². The number of hydrogen-bond acceptors (Lipinski definition) is 2. The van der Waals surface area contributed by atoms with Crippen molar-refractivity contribution in [2.45, 2.75) is 6.18 Å². The van der Waals surface area contributed by atoms with E-state index in [1.54, 1.807) is 0 Å². The summed E-state index contributed by atoms with van der Waals surface area (Å²) in [6.45, 7) is 0. The smallest absolute Gasteiger partial charge is 0.416 e. The third-order valence-electron chi connectivity index (χ3n) is 2.27. The topological polar surface area (TPSA) is 22.1 Å². The molecule has 2 nitrogen and oxygen atoms in total. The van der Waals surface area contributed by atoms with Gasteiger partial charge in [0.05, 0.1) is 5.56 Å². The Kier molecular flexibility index (Phi) is 4.38. The van der Waals surface area contributed by atoms with Crippen molar-refractivity contribution in [3.8, 4) is 11.6 Å². The van der Waals surface area contributed by atoms with Crippen LogP contribution in [0.3, 0.4) is 0 Å². The highest BCUT2D eigenvalue weighted by atomic mass is 79.9. The molecule has 1 aromatic heterocycles. The van der Waals surface area contributed by atoms with E-state index in [1.807, 2.05) is 0 Å². The van der Waals surface area contributed by atoms with Crippen molar-refractivity contribution in [2.24, 2.45) is 0 Å². The lowest BCUT2D eigenvalue weighted by molar-refractivity contribution is -0.137. The molecule has 0 aliphatic rings. The number of pyridine rings is 1. The van der Waals surface area contributed by atoms with Gasteiger partial charge in [0.25, 0.3) is 0 Å². The summed E-state index contributed by atoms with van der Waals surface area (Å²) in [6, 6.07) is 3.01. The fraction of sp³-hybridized carbons (Fsp3) is 0.0833. The summed E-state index contributed by atoms with van der Waals surface area (Å²) in [6.07, 6.45) is -4.67. The van der Waals surface area contributed by atoms with Crippen molar-refractivity contribution in [3.05, 3.63) is 51.1 Å². The molecule has 21 heavy (non-hydrogen) atoms. The van der Waals surface area contributed by atoms with E-state index in [4.69, 9.17) is 16.3 Å². The Morgan fingerprint density at radius 3 is 2.38 bits per heavy atom. The van der Waals surface area contributed by atoms with Crippen molar-refractivity contribution < 1.29 is 26.7 Å². The van der Waals surface area contributed by atoms with Crippen molar-refractivity contribution in [2.75, 3.05) is 0 Å². The molecule has 112 valence electrons. The second-order valence-electron chi connectivity index (χ2n) is 3.82. The zero-order valence-corrected chi connectivity index (χ0v) is 12.2. The molecule has 0 bridgehead atoms. The lowest BCUT2D eigenvalue weighted by atomic mass is 10.2. The van der Waals surface area contributed by atoms with E-state index in [1.165, 1.54) is 0 Å². The number of benzene rings is 1. The first-order chi connectivity index (χ1) is 9.66. The van der Waals surface area contributed by atoms with E-state index in [9.17, 15) is 22.0 Å². The average Bonchev–Trinajstić information content (AvgIpc) is 2.33. The second-order valence-corrected chi connectivity index (χ2v) is 5.12. The van der Waals surface area contributed by atoms with Crippen LogP contribution in [-0.2, 0) is 6.18 Å². The Hall–Kier alpha value is -1.41. The van der Waals surface area contributed by atoms with Gasteiger partial charge in [0.15, 0.2) is 11.6 Å². The van der Waals surface area contributed by atoms with Gasteiger partial charge in [0, 0.05) is 10.5 Å². The van der Waals surface area contributed by atoms with Crippen LogP contribution in [0.4, 0.5) is 22.0 Å². The normalized spacial score (nSPS) is 11.6. The van der Waals surface area contributed by atoms with Gasteiger partial charge in [-0.05, 0) is 18.2 Å². The maximum Gasteiger partial charge on any atom is 0.416 e. The number of hydrogen-bond donors (Lipinski definition) is 0. The summed E-state index contributed by atoms with van der Waals surface area (Å²) in [5.41, 5.74) is -1.12. The van der Waals surface area contributed by atoms with E-state index in [-0.39, 0.29) is 4.47 Å². The minimum atomic E-state index is -4.67. The minimum absolute atomic E-state index is 0.148.